The number of carbonyl (C=O) groups is 3. The SMILES string of the molecule is O=C(O)CC1(CC(=O)NC(=O)NC2CCC2)CCCC1. The third-order valence-electron chi connectivity index (χ3n) is 4.42. The van der Waals surface area contributed by atoms with E-state index >= 15 is 0 Å². The van der Waals surface area contributed by atoms with Crippen LogP contribution in [0.25, 0.3) is 0 Å². The fraction of sp³-hybridized carbons (Fsp3) is 0.786. The number of hydrogen-bond acceptors (Lipinski definition) is 3. The maximum atomic E-state index is 11.9. The van der Waals surface area contributed by atoms with Crippen molar-refractivity contribution in [3.8, 4) is 0 Å². The summed E-state index contributed by atoms with van der Waals surface area (Å²) in [6, 6.07) is -0.273. The largest absolute Gasteiger partial charge is 0.481 e. The van der Waals surface area contributed by atoms with E-state index < -0.39 is 17.4 Å². The number of amides is 3. The average Bonchev–Trinajstić information content (AvgIpc) is 2.70. The molecule has 0 saturated heterocycles. The molecule has 0 unspecified atom stereocenters. The normalized spacial score (nSPS) is 21.0. The highest BCUT2D eigenvalue weighted by atomic mass is 16.4. The summed E-state index contributed by atoms with van der Waals surface area (Å²) in [4.78, 5) is 34.5. The fourth-order valence-corrected chi connectivity index (χ4v) is 3.15. The smallest absolute Gasteiger partial charge is 0.321 e. The van der Waals surface area contributed by atoms with Crippen LogP contribution in [0.15, 0.2) is 0 Å². The Hall–Kier alpha value is -1.59. The molecule has 3 amide bonds. The van der Waals surface area contributed by atoms with E-state index in [-0.39, 0.29) is 24.8 Å². The van der Waals surface area contributed by atoms with Gasteiger partial charge in [-0.25, -0.2) is 4.79 Å². The molecular formula is C14H22N2O4. The minimum absolute atomic E-state index is 0.00463. The van der Waals surface area contributed by atoms with Crippen molar-refractivity contribution in [2.75, 3.05) is 0 Å². The van der Waals surface area contributed by atoms with Crippen molar-refractivity contribution in [1.29, 1.82) is 0 Å². The lowest BCUT2D eigenvalue weighted by molar-refractivity contribution is -0.140. The lowest BCUT2D eigenvalue weighted by Crippen LogP contribution is -2.47. The standard InChI is InChI=1S/C14H22N2O4/c17-11(16-13(20)15-10-4-3-5-10)8-14(9-12(18)19)6-1-2-7-14/h10H,1-9H2,(H,18,19)(H2,15,16,17,20). The summed E-state index contributed by atoms with van der Waals surface area (Å²) >= 11 is 0. The molecular weight excluding hydrogens is 260 g/mol. The van der Waals surface area contributed by atoms with Crippen LogP contribution in [0.2, 0.25) is 0 Å². The number of carboxylic acid groups (broad SMARTS) is 1. The van der Waals surface area contributed by atoms with Crippen LogP contribution in [0.1, 0.15) is 57.8 Å². The summed E-state index contributed by atoms with van der Waals surface area (Å²) in [7, 11) is 0. The molecule has 2 saturated carbocycles. The van der Waals surface area contributed by atoms with Gasteiger partial charge in [0.15, 0.2) is 0 Å². The van der Waals surface area contributed by atoms with E-state index in [0.717, 1.165) is 44.9 Å². The van der Waals surface area contributed by atoms with E-state index in [1.165, 1.54) is 0 Å². The first kappa shape index (κ1) is 14.8. The van der Waals surface area contributed by atoms with Crippen molar-refractivity contribution in [3.05, 3.63) is 0 Å². The second-order valence-corrected chi connectivity index (χ2v) is 6.10. The molecule has 2 fully saturated rings. The lowest BCUT2D eigenvalue weighted by Gasteiger charge is -2.28. The van der Waals surface area contributed by atoms with Gasteiger partial charge in [0.1, 0.15) is 0 Å². The van der Waals surface area contributed by atoms with Gasteiger partial charge in [-0.05, 0) is 37.5 Å². The van der Waals surface area contributed by atoms with Crippen LogP contribution in [0.5, 0.6) is 0 Å². The van der Waals surface area contributed by atoms with E-state index in [9.17, 15) is 14.4 Å². The molecule has 0 radical (unpaired) electrons. The van der Waals surface area contributed by atoms with Gasteiger partial charge in [0.25, 0.3) is 0 Å². The first-order valence-corrected chi connectivity index (χ1v) is 7.31. The summed E-state index contributed by atoms with van der Waals surface area (Å²) in [5.74, 6) is -1.25. The summed E-state index contributed by atoms with van der Waals surface area (Å²) in [5, 5.41) is 14.0. The van der Waals surface area contributed by atoms with Crippen LogP contribution in [0, 0.1) is 5.41 Å². The van der Waals surface area contributed by atoms with Crippen molar-refractivity contribution in [1.82, 2.24) is 10.6 Å². The topological polar surface area (TPSA) is 95.5 Å². The van der Waals surface area contributed by atoms with Crippen molar-refractivity contribution >= 4 is 17.9 Å². The molecule has 0 aromatic carbocycles. The van der Waals surface area contributed by atoms with Crippen molar-refractivity contribution in [2.45, 2.75) is 63.8 Å². The molecule has 0 bridgehead atoms. The van der Waals surface area contributed by atoms with Gasteiger partial charge in [0, 0.05) is 12.5 Å². The number of carbonyl (C=O) groups excluding carboxylic acids is 2. The summed E-state index contributed by atoms with van der Waals surface area (Å²) in [5.41, 5.74) is -0.466. The van der Waals surface area contributed by atoms with E-state index in [1.807, 2.05) is 0 Å². The van der Waals surface area contributed by atoms with Gasteiger partial charge in [-0.1, -0.05) is 12.8 Å². The molecule has 2 rings (SSSR count). The van der Waals surface area contributed by atoms with E-state index in [2.05, 4.69) is 10.6 Å². The van der Waals surface area contributed by atoms with Gasteiger partial charge >= 0.3 is 12.0 Å². The molecule has 6 nitrogen and oxygen atoms in total. The average molecular weight is 282 g/mol. The highest BCUT2D eigenvalue weighted by Crippen LogP contribution is 2.43. The van der Waals surface area contributed by atoms with Gasteiger partial charge < -0.3 is 10.4 Å². The first-order chi connectivity index (χ1) is 9.49. The molecule has 0 spiro atoms. The highest BCUT2D eigenvalue weighted by molar-refractivity contribution is 5.94. The Morgan fingerprint density at radius 3 is 2.20 bits per heavy atom. The lowest BCUT2D eigenvalue weighted by atomic mass is 9.79. The number of imide groups is 1. The Kier molecular flexibility index (Phi) is 4.62. The molecule has 20 heavy (non-hydrogen) atoms. The van der Waals surface area contributed by atoms with E-state index in [4.69, 9.17) is 5.11 Å². The predicted octanol–water partition coefficient (Wildman–Crippen LogP) is 1.79. The highest BCUT2D eigenvalue weighted by Gasteiger charge is 2.38. The minimum Gasteiger partial charge on any atom is -0.481 e. The Bertz CT molecular complexity index is 398. The maximum Gasteiger partial charge on any atom is 0.321 e. The monoisotopic (exact) mass is 282 g/mol. The third kappa shape index (κ3) is 3.95. The third-order valence-corrected chi connectivity index (χ3v) is 4.42. The predicted molar refractivity (Wildman–Crippen MR) is 72.1 cm³/mol. The number of carboxylic acids is 1. The van der Waals surface area contributed by atoms with Gasteiger partial charge in [-0.2, -0.15) is 0 Å². The van der Waals surface area contributed by atoms with E-state index in [0.29, 0.717) is 0 Å². The number of nitrogens with one attached hydrogen (secondary N) is 2. The van der Waals surface area contributed by atoms with Crippen molar-refractivity contribution in [3.63, 3.8) is 0 Å². The summed E-state index contributed by atoms with van der Waals surface area (Å²) < 4.78 is 0. The van der Waals surface area contributed by atoms with Gasteiger partial charge in [-0.3, -0.25) is 14.9 Å². The summed E-state index contributed by atoms with van der Waals surface area (Å²) in [6.07, 6.45) is 6.56. The zero-order valence-electron chi connectivity index (χ0n) is 11.6. The Morgan fingerprint density at radius 1 is 1.05 bits per heavy atom. The molecule has 2 aliphatic carbocycles. The molecule has 0 aromatic rings. The van der Waals surface area contributed by atoms with Crippen molar-refractivity contribution in [2.24, 2.45) is 5.41 Å². The zero-order chi connectivity index (χ0) is 14.6. The molecule has 0 heterocycles. The van der Waals surface area contributed by atoms with Crippen LogP contribution in [-0.4, -0.2) is 29.1 Å². The second kappa shape index (κ2) is 6.24. The number of aliphatic carboxylic acids is 1. The van der Waals surface area contributed by atoms with Crippen molar-refractivity contribution < 1.29 is 19.5 Å². The zero-order valence-corrected chi connectivity index (χ0v) is 11.6. The molecule has 0 aromatic heterocycles. The fourth-order valence-electron chi connectivity index (χ4n) is 3.15. The van der Waals surface area contributed by atoms with E-state index in [1.54, 1.807) is 0 Å². The summed E-state index contributed by atoms with van der Waals surface area (Å²) in [6.45, 7) is 0. The first-order valence-electron chi connectivity index (χ1n) is 7.31. The molecule has 112 valence electrons. The molecule has 6 heteroatoms. The van der Waals surface area contributed by atoms with Crippen LogP contribution in [0.3, 0.4) is 0 Å². The van der Waals surface area contributed by atoms with Crippen LogP contribution < -0.4 is 10.6 Å². The quantitative estimate of drug-likeness (QED) is 0.716. The molecule has 0 atom stereocenters. The molecule has 0 aliphatic heterocycles. The Balaban J connectivity index is 1.81. The van der Waals surface area contributed by atoms with Gasteiger partial charge in [-0.15, -0.1) is 0 Å². The molecule has 3 N–H and O–H groups in total. The number of urea groups is 1. The van der Waals surface area contributed by atoms with Crippen LogP contribution in [-0.2, 0) is 9.59 Å². The van der Waals surface area contributed by atoms with Gasteiger partial charge in [0.2, 0.25) is 5.91 Å². The number of rotatable bonds is 5. The second-order valence-electron chi connectivity index (χ2n) is 6.10. The minimum atomic E-state index is -0.876. The number of hydrogen-bond donors (Lipinski definition) is 3. The Morgan fingerprint density at radius 2 is 1.70 bits per heavy atom. The Labute approximate surface area is 118 Å². The van der Waals surface area contributed by atoms with Crippen LogP contribution in [0.4, 0.5) is 4.79 Å². The maximum absolute atomic E-state index is 11.9. The molecule has 2 aliphatic rings. The van der Waals surface area contributed by atoms with Gasteiger partial charge in [0.05, 0.1) is 6.42 Å². The van der Waals surface area contributed by atoms with Crippen LogP contribution >= 0.6 is 0 Å².